The van der Waals surface area contributed by atoms with Crippen LogP contribution in [-0.4, -0.2) is 29.9 Å². The average molecular weight is 201 g/mol. The van der Waals surface area contributed by atoms with Gasteiger partial charge in [0.25, 0.3) is 0 Å². The van der Waals surface area contributed by atoms with Gasteiger partial charge in [0.2, 0.25) is 0 Å². The lowest BCUT2D eigenvalue weighted by molar-refractivity contribution is -0.124. The molecule has 13 heavy (non-hydrogen) atoms. The summed E-state index contributed by atoms with van der Waals surface area (Å²) in [6.45, 7) is 5.17. The molecule has 0 spiro atoms. The van der Waals surface area contributed by atoms with Crippen molar-refractivity contribution in [2.24, 2.45) is 5.92 Å². The molecule has 1 N–H and O–H groups in total. The summed E-state index contributed by atoms with van der Waals surface area (Å²) < 4.78 is 0. The van der Waals surface area contributed by atoms with Crippen LogP contribution in [0.3, 0.4) is 0 Å². The van der Waals surface area contributed by atoms with E-state index in [9.17, 15) is 4.79 Å². The van der Waals surface area contributed by atoms with E-state index in [1.807, 2.05) is 18.7 Å². The van der Waals surface area contributed by atoms with Gasteiger partial charge in [0.05, 0.1) is 6.04 Å². The molecule has 1 fully saturated rings. The molecule has 0 aromatic rings. The van der Waals surface area contributed by atoms with Crippen molar-refractivity contribution < 1.29 is 4.79 Å². The summed E-state index contributed by atoms with van der Waals surface area (Å²) in [5.74, 6) is 2.76. The highest BCUT2D eigenvalue weighted by atomic mass is 32.2. The molecule has 1 aliphatic heterocycles. The van der Waals surface area contributed by atoms with Crippen LogP contribution in [0.15, 0.2) is 0 Å². The summed E-state index contributed by atoms with van der Waals surface area (Å²) in [7, 11) is 0. The fraction of sp³-hybridized carbons (Fsp3) is 0.900. The van der Waals surface area contributed by atoms with Crippen molar-refractivity contribution in [3.8, 4) is 0 Å². The first-order valence-corrected chi connectivity index (χ1v) is 6.26. The standard InChI is InChI=1S/C10H19NOS/c1-3-4-8(2)10(12)9-7-13-6-5-11-9/h8-9,11H,3-7H2,1-2H3. The molecule has 76 valence electrons. The summed E-state index contributed by atoms with van der Waals surface area (Å²) in [6, 6.07) is 0.125. The molecule has 0 aromatic carbocycles. The van der Waals surface area contributed by atoms with Crippen LogP contribution in [0.5, 0.6) is 0 Å². The lowest BCUT2D eigenvalue weighted by atomic mass is 9.96. The van der Waals surface area contributed by atoms with E-state index in [1.54, 1.807) is 0 Å². The molecule has 0 aliphatic carbocycles. The minimum Gasteiger partial charge on any atom is -0.306 e. The van der Waals surface area contributed by atoms with Crippen LogP contribution in [0.25, 0.3) is 0 Å². The van der Waals surface area contributed by atoms with E-state index in [2.05, 4.69) is 12.2 Å². The summed E-state index contributed by atoms with van der Waals surface area (Å²) in [4.78, 5) is 11.8. The molecular weight excluding hydrogens is 182 g/mol. The van der Waals surface area contributed by atoms with Crippen LogP contribution in [0, 0.1) is 5.92 Å². The Kier molecular flexibility index (Phi) is 4.81. The van der Waals surface area contributed by atoms with Gasteiger partial charge in [-0.3, -0.25) is 4.79 Å². The van der Waals surface area contributed by atoms with Crippen molar-refractivity contribution >= 4 is 17.5 Å². The highest BCUT2D eigenvalue weighted by Gasteiger charge is 2.24. The first-order chi connectivity index (χ1) is 6.25. The van der Waals surface area contributed by atoms with Crippen molar-refractivity contribution in [2.45, 2.75) is 32.7 Å². The first-order valence-electron chi connectivity index (χ1n) is 5.10. The topological polar surface area (TPSA) is 29.1 Å². The Hall–Kier alpha value is -0.0200. The third-order valence-corrected chi connectivity index (χ3v) is 3.53. The Morgan fingerprint density at radius 3 is 3.00 bits per heavy atom. The SMILES string of the molecule is CCCC(C)C(=O)C1CSCCN1. The molecule has 1 heterocycles. The van der Waals surface area contributed by atoms with Gasteiger partial charge in [0, 0.05) is 24.0 Å². The average Bonchev–Trinajstić information content (AvgIpc) is 2.18. The first kappa shape index (κ1) is 11.1. The van der Waals surface area contributed by atoms with Gasteiger partial charge in [0.1, 0.15) is 0 Å². The summed E-state index contributed by atoms with van der Waals surface area (Å²) in [5, 5.41) is 3.29. The van der Waals surface area contributed by atoms with E-state index in [1.165, 1.54) is 0 Å². The molecule has 2 nitrogen and oxygen atoms in total. The van der Waals surface area contributed by atoms with Gasteiger partial charge in [-0.1, -0.05) is 20.3 Å². The molecule has 2 atom stereocenters. The van der Waals surface area contributed by atoms with Crippen molar-refractivity contribution in [1.29, 1.82) is 0 Å². The quantitative estimate of drug-likeness (QED) is 0.750. The Labute approximate surface area is 84.9 Å². The van der Waals surface area contributed by atoms with Gasteiger partial charge < -0.3 is 5.32 Å². The normalized spacial score (nSPS) is 25.5. The lowest BCUT2D eigenvalue weighted by Crippen LogP contribution is -2.45. The van der Waals surface area contributed by atoms with Gasteiger partial charge in [-0.2, -0.15) is 11.8 Å². The van der Waals surface area contributed by atoms with E-state index in [-0.39, 0.29) is 12.0 Å². The van der Waals surface area contributed by atoms with Crippen LogP contribution in [0.1, 0.15) is 26.7 Å². The largest absolute Gasteiger partial charge is 0.306 e. The Bertz CT molecular complexity index is 166. The van der Waals surface area contributed by atoms with Gasteiger partial charge >= 0.3 is 0 Å². The van der Waals surface area contributed by atoms with E-state index in [0.717, 1.165) is 30.9 Å². The third-order valence-electron chi connectivity index (χ3n) is 2.47. The zero-order chi connectivity index (χ0) is 9.68. The number of nitrogens with one attached hydrogen (secondary N) is 1. The molecular formula is C10H19NOS. The highest BCUT2D eigenvalue weighted by Crippen LogP contribution is 2.14. The summed E-state index contributed by atoms with van der Waals surface area (Å²) >= 11 is 1.88. The fourth-order valence-electron chi connectivity index (χ4n) is 1.67. The van der Waals surface area contributed by atoms with Crippen molar-refractivity contribution in [3.05, 3.63) is 0 Å². The molecule has 0 saturated carbocycles. The second kappa shape index (κ2) is 5.66. The zero-order valence-corrected chi connectivity index (χ0v) is 9.32. The minimum absolute atomic E-state index is 0.125. The maximum absolute atomic E-state index is 11.8. The van der Waals surface area contributed by atoms with E-state index in [0.29, 0.717) is 5.78 Å². The van der Waals surface area contributed by atoms with E-state index < -0.39 is 0 Å². The smallest absolute Gasteiger partial charge is 0.153 e. The molecule has 2 unspecified atom stereocenters. The molecule has 3 heteroatoms. The molecule has 0 amide bonds. The summed E-state index contributed by atoms with van der Waals surface area (Å²) in [6.07, 6.45) is 2.13. The van der Waals surface area contributed by atoms with Gasteiger partial charge in [0.15, 0.2) is 5.78 Å². The summed E-state index contributed by atoms with van der Waals surface area (Å²) in [5.41, 5.74) is 0. The van der Waals surface area contributed by atoms with Gasteiger partial charge in [-0.05, 0) is 6.42 Å². The Morgan fingerprint density at radius 1 is 1.69 bits per heavy atom. The molecule has 1 saturated heterocycles. The second-order valence-corrected chi connectivity index (χ2v) is 4.82. The number of ketones is 1. The van der Waals surface area contributed by atoms with Gasteiger partial charge in [-0.25, -0.2) is 0 Å². The van der Waals surface area contributed by atoms with Crippen LogP contribution in [0.4, 0.5) is 0 Å². The van der Waals surface area contributed by atoms with Crippen LogP contribution in [0.2, 0.25) is 0 Å². The predicted octanol–water partition coefficient (Wildman–Crippen LogP) is 1.70. The predicted molar refractivity (Wildman–Crippen MR) is 58.2 cm³/mol. The highest BCUT2D eigenvalue weighted by molar-refractivity contribution is 7.99. The van der Waals surface area contributed by atoms with E-state index >= 15 is 0 Å². The van der Waals surface area contributed by atoms with Crippen molar-refractivity contribution in [1.82, 2.24) is 5.32 Å². The maximum Gasteiger partial charge on any atom is 0.153 e. The number of Topliss-reactive ketones (excluding diaryl/α,β-unsaturated/α-hetero) is 1. The Balaban J connectivity index is 2.36. The Morgan fingerprint density at radius 2 is 2.46 bits per heavy atom. The third kappa shape index (κ3) is 3.31. The second-order valence-electron chi connectivity index (χ2n) is 3.67. The fourth-order valence-corrected chi connectivity index (χ4v) is 2.61. The molecule has 1 rings (SSSR count). The lowest BCUT2D eigenvalue weighted by Gasteiger charge is -2.24. The number of hydrogen-bond acceptors (Lipinski definition) is 3. The van der Waals surface area contributed by atoms with Crippen LogP contribution >= 0.6 is 11.8 Å². The number of rotatable bonds is 4. The number of thioether (sulfide) groups is 1. The van der Waals surface area contributed by atoms with Gasteiger partial charge in [-0.15, -0.1) is 0 Å². The minimum atomic E-state index is 0.125. The number of carbonyl (C=O) groups is 1. The van der Waals surface area contributed by atoms with E-state index in [4.69, 9.17) is 0 Å². The van der Waals surface area contributed by atoms with Crippen molar-refractivity contribution in [2.75, 3.05) is 18.1 Å². The molecule has 0 aromatic heterocycles. The molecule has 0 bridgehead atoms. The zero-order valence-electron chi connectivity index (χ0n) is 8.51. The van der Waals surface area contributed by atoms with Crippen LogP contribution in [-0.2, 0) is 4.79 Å². The number of hydrogen-bond donors (Lipinski definition) is 1. The van der Waals surface area contributed by atoms with Crippen molar-refractivity contribution in [3.63, 3.8) is 0 Å². The molecule has 0 radical (unpaired) electrons. The monoisotopic (exact) mass is 201 g/mol. The number of carbonyl (C=O) groups excluding carboxylic acids is 1. The maximum atomic E-state index is 11.8. The molecule has 1 aliphatic rings. The van der Waals surface area contributed by atoms with Crippen LogP contribution < -0.4 is 5.32 Å².